The van der Waals surface area contributed by atoms with Crippen LogP contribution in [0.4, 0.5) is 0 Å². The van der Waals surface area contributed by atoms with E-state index in [4.69, 9.17) is 0 Å². The third-order valence-corrected chi connectivity index (χ3v) is 3.67. The van der Waals surface area contributed by atoms with Crippen molar-refractivity contribution in [1.29, 1.82) is 0 Å². The van der Waals surface area contributed by atoms with E-state index in [1.165, 1.54) is 5.56 Å². The van der Waals surface area contributed by atoms with Crippen LogP contribution in [0.25, 0.3) is 0 Å². The van der Waals surface area contributed by atoms with Crippen molar-refractivity contribution in [3.05, 3.63) is 35.4 Å². The summed E-state index contributed by atoms with van der Waals surface area (Å²) in [5.74, 6) is 0.227. The Morgan fingerprint density at radius 2 is 1.68 bits per heavy atom. The van der Waals surface area contributed by atoms with Gasteiger partial charge in [0.05, 0.1) is 6.04 Å². The van der Waals surface area contributed by atoms with Crippen LogP contribution in [0, 0.1) is 0 Å². The molecule has 1 rings (SSSR count). The summed E-state index contributed by atoms with van der Waals surface area (Å²) in [7, 11) is 0. The predicted molar refractivity (Wildman–Crippen MR) is 81.7 cm³/mol. The number of hydrogen-bond acceptors (Lipinski definition) is 2. The molecule has 106 valence electrons. The van der Waals surface area contributed by atoms with E-state index in [-0.39, 0.29) is 11.8 Å². The third-order valence-electron chi connectivity index (χ3n) is 3.67. The van der Waals surface area contributed by atoms with Gasteiger partial charge in [-0.3, -0.25) is 9.69 Å². The zero-order valence-corrected chi connectivity index (χ0v) is 12.9. The smallest absolute Gasteiger partial charge is 0.179 e. The van der Waals surface area contributed by atoms with E-state index in [2.05, 4.69) is 44.7 Å². The molecule has 0 amide bonds. The Labute approximate surface area is 117 Å². The summed E-state index contributed by atoms with van der Waals surface area (Å²) in [5, 5.41) is 0. The van der Waals surface area contributed by atoms with E-state index in [0.29, 0.717) is 6.04 Å². The molecule has 0 aliphatic carbocycles. The normalized spacial score (nSPS) is 13.0. The fraction of sp³-hybridized carbons (Fsp3) is 0.588. The number of carbonyl (C=O) groups excluding carboxylic acids is 1. The molecule has 0 N–H and O–H groups in total. The summed E-state index contributed by atoms with van der Waals surface area (Å²) < 4.78 is 0. The van der Waals surface area contributed by atoms with E-state index in [9.17, 15) is 4.79 Å². The highest BCUT2D eigenvalue weighted by molar-refractivity contribution is 5.99. The minimum absolute atomic E-state index is 0.0487. The number of Topliss-reactive ketones (excluding diaryl/α,β-unsaturated/α-hetero) is 1. The number of carbonyl (C=O) groups is 1. The van der Waals surface area contributed by atoms with Crippen molar-refractivity contribution in [2.75, 3.05) is 6.54 Å². The summed E-state index contributed by atoms with van der Waals surface area (Å²) >= 11 is 0. The second-order valence-corrected chi connectivity index (χ2v) is 5.42. The van der Waals surface area contributed by atoms with Gasteiger partial charge in [0.1, 0.15) is 0 Å². The molecule has 0 bridgehead atoms. The van der Waals surface area contributed by atoms with Crippen molar-refractivity contribution in [3.8, 4) is 0 Å². The van der Waals surface area contributed by atoms with Crippen LogP contribution in [-0.4, -0.2) is 29.3 Å². The molecule has 1 atom stereocenters. The quantitative estimate of drug-likeness (QED) is 0.693. The van der Waals surface area contributed by atoms with Crippen molar-refractivity contribution >= 4 is 5.78 Å². The molecule has 0 spiro atoms. The lowest BCUT2D eigenvalue weighted by Crippen LogP contribution is -2.43. The standard InChI is InChI=1S/C17H27NO/c1-6-12-18(13(3)4)14(5)17(19)16-10-8-15(7-2)9-11-16/h8-11,13-14H,6-7,12H2,1-5H3. The Bertz CT molecular complexity index is 394. The van der Waals surface area contributed by atoms with E-state index in [1.54, 1.807) is 0 Å². The van der Waals surface area contributed by atoms with Gasteiger partial charge in [0.2, 0.25) is 0 Å². The first-order chi connectivity index (χ1) is 9.01. The van der Waals surface area contributed by atoms with Crippen LogP contribution in [-0.2, 0) is 6.42 Å². The summed E-state index contributed by atoms with van der Waals surface area (Å²) in [6, 6.07) is 8.38. The van der Waals surface area contributed by atoms with Crippen LogP contribution in [0.5, 0.6) is 0 Å². The fourth-order valence-corrected chi connectivity index (χ4v) is 2.45. The molecule has 2 heteroatoms. The van der Waals surface area contributed by atoms with Crippen LogP contribution in [0.1, 0.15) is 57.0 Å². The van der Waals surface area contributed by atoms with Crippen molar-refractivity contribution in [1.82, 2.24) is 4.90 Å². The number of rotatable bonds is 7. The first-order valence-corrected chi connectivity index (χ1v) is 7.40. The van der Waals surface area contributed by atoms with Gasteiger partial charge in [-0.25, -0.2) is 0 Å². The average molecular weight is 261 g/mol. The van der Waals surface area contributed by atoms with Crippen molar-refractivity contribution in [3.63, 3.8) is 0 Å². The maximum atomic E-state index is 12.5. The number of aryl methyl sites for hydroxylation is 1. The fourth-order valence-electron chi connectivity index (χ4n) is 2.45. The largest absolute Gasteiger partial charge is 0.292 e. The lowest BCUT2D eigenvalue weighted by molar-refractivity contribution is 0.0789. The van der Waals surface area contributed by atoms with E-state index < -0.39 is 0 Å². The molecule has 0 fully saturated rings. The highest BCUT2D eigenvalue weighted by Crippen LogP contribution is 2.14. The van der Waals surface area contributed by atoms with Crippen molar-refractivity contribution in [2.45, 2.75) is 59.5 Å². The lowest BCUT2D eigenvalue weighted by atomic mass is 10.0. The highest BCUT2D eigenvalue weighted by atomic mass is 16.1. The van der Waals surface area contributed by atoms with Crippen LogP contribution in [0.15, 0.2) is 24.3 Å². The molecule has 0 heterocycles. The Balaban J connectivity index is 2.84. The third kappa shape index (κ3) is 4.17. The van der Waals surface area contributed by atoms with Crippen molar-refractivity contribution < 1.29 is 4.79 Å². The Morgan fingerprint density at radius 1 is 1.11 bits per heavy atom. The molecule has 0 aliphatic rings. The zero-order valence-electron chi connectivity index (χ0n) is 12.9. The van der Waals surface area contributed by atoms with Gasteiger partial charge in [-0.2, -0.15) is 0 Å². The maximum Gasteiger partial charge on any atom is 0.179 e. The topological polar surface area (TPSA) is 20.3 Å². The number of benzene rings is 1. The monoisotopic (exact) mass is 261 g/mol. The summed E-state index contributed by atoms with van der Waals surface area (Å²) in [4.78, 5) is 14.8. The van der Waals surface area contributed by atoms with Gasteiger partial charge in [-0.15, -0.1) is 0 Å². The second-order valence-electron chi connectivity index (χ2n) is 5.42. The Hall–Kier alpha value is -1.15. The van der Waals surface area contributed by atoms with Gasteiger partial charge in [0.15, 0.2) is 5.78 Å². The van der Waals surface area contributed by atoms with Crippen LogP contribution in [0.3, 0.4) is 0 Å². The molecule has 1 unspecified atom stereocenters. The Kier molecular flexibility index (Phi) is 6.23. The molecule has 0 aliphatic heterocycles. The molecular weight excluding hydrogens is 234 g/mol. The van der Waals surface area contributed by atoms with Crippen LogP contribution < -0.4 is 0 Å². The predicted octanol–water partition coefficient (Wildman–Crippen LogP) is 3.94. The SMILES string of the molecule is CCCN(C(C)C)C(C)C(=O)c1ccc(CC)cc1. The van der Waals surface area contributed by atoms with Crippen LogP contribution in [0.2, 0.25) is 0 Å². The minimum Gasteiger partial charge on any atom is -0.292 e. The van der Waals surface area contributed by atoms with E-state index >= 15 is 0 Å². The lowest BCUT2D eigenvalue weighted by Gasteiger charge is -2.31. The summed E-state index contributed by atoms with van der Waals surface area (Å²) in [6.07, 6.45) is 2.09. The summed E-state index contributed by atoms with van der Waals surface area (Å²) in [5.41, 5.74) is 2.10. The maximum absolute atomic E-state index is 12.5. The van der Waals surface area contributed by atoms with E-state index in [0.717, 1.165) is 24.9 Å². The molecule has 0 radical (unpaired) electrons. The minimum atomic E-state index is -0.0487. The van der Waals surface area contributed by atoms with Gasteiger partial charge in [0.25, 0.3) is 0 Å². The average Bonchev–Trinajstić information content (AvgIpc) is 2.43. The van der Waals surface area contributed by atoms with Gasteiger partial charge in [-0.05, 0) is 45.7 Å². The summed E-state index contributed by atoms with van der Waals surface area (Å²) in [6.45, 7) is 11.6. The molecule has 1 aromatic carbocycles. The first-order valence-electron chi connectivity index (χ1n) is 7.40. The molecule has 1 aromatic rings. The van der Waals surface area contributed by atoms with Gasteiger partial charge >= 0.3 is 0 Å². The van der Waals surface area contributed by atoms with Gasteiger partial charge in [0, 0.05) is 11.6 Å². The second kappa shape index (κ2) is 7.44. The van der Waals surface area contributed by atoms with Gasteiger partial charge < -0.3 is 0 Å². The molecule has 0 aromatic heterocycles. The number of nitrogens with zero attached hydrogens (tertiary/aromatic N) is 1. The highest BCUT2D eigenvalue weighted by Gasteiger charge is 2.23. The molecule has 2 nitrogen and oxygen atoms in total. The molecular formula is C17H27NO. The number of hydrogen-bond donors (Lipinski definition) is 0. The van der Waals surface area contributed by atoms with Crippen LogP contribution >= 0.6 is 0 Å². The zero-order chi connectivity index (χ0) is 14.4. The van der Waals surface area contributed by atoms with Crippen molar-refractivity contribution in [2.24, 2.45) is 0 Å². The van der Waals surface area contributed by atoms with E-state index in [1.807, 2.05) is 19.1 Å². The number of ketones is 1. The molecule has 0 saturated carbocycles. The van der Waals surface area contributed by atoms with Gasteiger partial charge in [-0.1, -0.05) is 38.1 Å². The Morgan fingerprint density at radius 3 is 2.11 bits per heavy atom. The molecule has 19 heavy (non-hydrogen) atoms. The first kappa shape index (κ1) is 15.9. The molecule has 0 saturated heterocycles.